The zero-order valence-electron chi connectivity index (χ0n) is 11.3. The number of nitrogens with one attached hydrogen (secondary N) is 1. The quantitative estimate of drug-likeness (QED) is 0.909. The lowest BCUT2D eigenvalue weighted by Crippen LogP contribution is -2.12. The lowest BCUT2D eigenvalue weighted by atomic mass is 10.1. The van der Waals surface area contributed by atoms with E-state index in [1.54, 1.807) is 6.20 Å². The highest BCUT2D eigenvalue weighted by atomic mass is 16.1. The third-order valence-corrected chi connectivity index (χ3v) is 2.92. The average Bonchev–Trinajstić information content (AvgIpc) is 2.39. The summed E-state index contributed by atoms with van der Waals surface area (Å²) in [7, 11) is 0. The van der Waals surface area contributed by atoms with Gasteiger partial charge in [-0.2, -0.15) is 0 Å². The predicted octanol–water partition coefficient (Wildman–Crippen LogP) is 3.27. The predicted molar refractivity (Wildman–Crippen MR) is 77.1 cm³/mol. The summed E-state index contributed by atoms with van der Waals surface area (Å²) in [5.74, 6) is 0.0205. The van der Waals surface area contributed by atoms with Crippen molar-refractivity contribution in [3.8, 4) is 0 Å². The number of carbonyl (C=O) groups is 1. The van der Waals surface area contributed by atoms with E-state index in [4.69, 9.17) is 0 Å². The molecule has 1 N–H and O–H groups in total. The fraction of sp³-hybridized carbons (Fsp3) is 0.250. The van der Waals surface area contributed by atoms with Crippen LogP contribution in [0.2, 0.25) is 0 Å². The Morgan fingerprint density at radius 3 is 2.74 bits per heavy atom. The van der Waals surface area contributed by atoms with E-state index in [0.717, 1.165) is 17.8 Å². The SMILES string of the molecule is Cc1cccc(CCC(=O)Nc2ccc(C)nc2)c1. The molecule has 1 aromatic carbocycles. The number of rotatable bonds is 4. The van der Waals surface area contributed by atoms with Crippen LogP contribution in [0.25, 0.3) is 0 Å². The van der Waals surface area contributed by atoms with Crippen LogP contribution in [0.3, 0.4) is 0 Å². The zero-order chi connectivity index (χ0) is 13.7. The molecule has 0 unspecified atom stereocenters. The summed E-state index contributed by atoms with van der Waals surface area (Å²) in [5, 5.41) is 2.85. The van der Waals surface area contributed by atoms with Crippen molar-refractivity contribution in [3.05, 3.63) is 59.4 Å². The fourth-order valence-electron chi connectivity index (χ4n) is 1.89. The first-order chi connectivity index (χ1) is 9.13. The molecule has 0 aliphatic rings. The number of hydrogen-bond acceptors (Lipinski definition) is 2. The molecule has 0 bridgehead atoms. The van der Waals surface area contributed by atoms with Crippen molar-refractivity contribution < 1.29 is 4.79 Å². The molecule has 1 amide bonds. The second-order valence-corrected chi connectivity index (χ2v) is 4.73. The van der Waals surface area contributed by atoms with Gasteiger partial charge in [0.25, 0.3) is 0 Å². The number of pyridine rings is 1. The minimum absolute atomic E-state index is 0.0205. The lowest BCUT2D eigenvalue weighted by Gasteiger charge is -2.05. The van der Waals surface area contributed by atoms with E-state index in [2.05, 4.69) is 29.4 Å². The van der Waals surface area contributed by atoms with Gasteiger partial charge < -0.3 is 5.32 Å². The molecule has 0 saturated heterocycles. The smallest absolute Gasteiger partial charge is 0.224 e. The number of aromatic nitrogens is 1. The van der Waals surface area contributed by atoms with Crippen LogP contribution in [0, 0.1) is 13.8 Å². The van der Waals surface area contributed by atoms with E-state index in [9.17, 15) is 4.79 Å². The van der Waals surface area contributed by atoms with E-state index in [1.165, 1.54) is 11.1 Å². The molecule has 2 aromatic rings. The molecule has 0 spiro atoms. The Morgan fingerprint density at radius 1 is 1.21 bits per heavy atom. The van der Waals surface area contributed by atoms with Gasteiger partial charge in [-0.25, -0.2) is 0 Å². The maximum atomic E-state index is 11.8. The first kappa shape index (κ1) is 13.3. The monoisotopic (exact) mass is 254 g/mol. The van der Waals surface area contributed by atoms with Crippen molar-refractivity contribution in [1.29, 1.82) is 0 Å². The van der Waals surface area contributed by atoms with Crippen LogP contribution in [0.4, 0.5) is 5.69 Å². The molecular formula is C16H18N2O. The number of anilines is 1. The minimum atomic E-state index is 0.0205. The van der Waals surface area contributed by atoms with Crippen molar-refractivity contribution in [2.75, 3.05) is 5.32 Å². The highest BCUT2D eigenvalue weighted by molar-refractivity contribution is 5.90. The Balaban J connectivity index is 1.86. The molecule has 1 heterocycles. The van der Waals surface area contributed by atoms with Crippen LogP contribution in [0.1, 0.15) is 23.2 Å². The van der Waals surface area contributed by atoms with Crippen molar-refractivity contribution in [2.24, 2.45) is 0 Å². The van der Waals surface area contributed by atoms with Crippen molar-refractivity contribution >= 4 is 11.6 Å². The van der Waals surface area contributed by atoms with Crippen LogP contribution in [-0.4, -0.2) is 10.9 Å². The Labute approximate surface area is 113 Å². The number of amides is 1. The number of hydrogen-bond donors (Lipinski definition) is 1. The average molecular weight is 254 g/mol. The summed E-state index contributed by atoms with van der Waals surface area (Å²) in [6, 6.07) is 12.0. The summed E-state index contributed by atoms with van der Waals surface area (Å²) < 4.78 is 0. The highest BCUT2D eigenvalue weighted by Crippen LogP contribution is 2.09. The van der Waals surface area contributed by atoms with Crippen molar-refractivity contribution in [1.82, 2.24) is 4.98 Å². The maximum Gasteiger partial charge on any atom is 0.224 e. The van der Waals surface area contributed by atoms with Crippen LogP contribution in [0.5, 0.6) is 0 Å². The number of carbonyl (C=O) groups excluding carboxylic acids is 1. The van der Waals surface area contributed by atoms with E-state index in [1.807, 2.05) is 31.2 Å². The van der Waals surface area contributed by atoms with E-state index in [0.29, 0.717) is 6.42 Å². The molecular weight excluding hydrogens is 236 g/mol. The summed E-state index contributed by atoms with van der Waals surface area (Å²) in [4.78, 5) is 16.0. The Bertz CT molecular complexity index is 561. The molecule has 0 fully saturated rings. The van der Waals surface area contributed by atoms with E-state index >= 15 is 0 Å². The Hall–Kier alpha value is -2.16. The lowest BCUT2D eigenvalue weighted by molar-refractivity contribution is -0.116. The molecule has 0 radical (unpaired) electrons. The molecule has 19 heavy (non-hydrogen) atoms. The van der Waals surface area contributed by atoms with Crippen LogP contribution >= 0.6 is 0 Å². The van der Waals surface area contributed by atoms with Gasteiger partial charge in [-0.05, 0) is 38.0 Å². The molecule has 0 aliphatic heterocycles. The molecule has 3 nitrogen and oxygen atoms in total. The third kappa shape index (κ3) is 4.21. The Kier molecular flexibility index (Phi) is 4.29. The minimum Gasteiger partial charge on any atom is -0.325 e. The molecule has 98 valence electrons. The van der Waals surface area contributed by atoms with E-state index in [-0.39, 0.29) is 5.91 Å². The van der Waals surface area contributed by atoms with Crippen molar-refractivity contribution in [3.63, 3.8) is 0 Å². The number of aryl methyl sites for hydroxylation is 3. The third-order valence-electron chi connectivity index (χ3n) is 2.92. The van der Waals surface area contributed by atoms with Crippen LogP contribution < -0.4 is 5.32 Å². The topological polar surface area (TPSA) is 42.0 Å². The summed E-state index contributed by atoms with van der Waals surface area (Å²) in [6.07, 6.45) is 2.92. The Morgan fingerprint density at radius 2 is 2.05 bits per heavy atom. The molecule has 0 atom stereocenters. The fourth-order valence-corrected chi connectivity index (χ4v) is 1.89. The van der Waals surface area contributed by atoms with Crippen LogP contribution in [-0.2, 0) is 11.2 Å². The van der Waals surface area contributed by atoms with Gasteiger partial charge in [-0.1, -0.05) is 29.8 Å². The summed E-state index contributed by atoms with van der Waals surface area (Å²) >= 11 is 0. The van der Waals surface area contributed by atoms with Gasteiger partial charge in [0.2, 0.25) is 5.91 Å². The molecule has 0 saturated carbocycles. The summed E-state index contributed by atoms with van der Waals surface area (Å²) in [6.45, 7) is 3.98. The zero-order valence-corrected chi connectivity index (χ0v) is 11.3. The van der Waals surface area contributed by atoms with Gasteiger partial charge in [0, 0.05) is 12.1 Å². The van der Waals surface area contributed by atoms with Crippen LogP contribution in [0.15, 0.2) is 42.6 Å². The maximum absolute atomic E-state index is 11.8. The molecule has 1 aromatic heterocycles. The second-order valence-electron chi connectivity index (χ2n) is 4.73. The van der Waals surface area contributed by atoms with Gasteiger partial charge >= 0.3 is 0 Å². The molecule has 2 rings (SSSR count). The second kappa shape index (κ2) is 6.14. The number of nitrogens with zero attached hydrogens (tertiary/aromatic N) is 1. The van der Waals surface area contributed by atoms with Gasteiger partial charge in [0.05, 0.1) is 11.9 Å². The van der Waals surface area contributed by atoms with E-state index < -0.39 is 0 Å². The van der Waals surface area contributed by atoms with Crippen molar-refractivity contribution in [2.45, 2.75) is 26.7 Å². The first-order valence-electron chi connectivity index (χ1n) is 6.41. The number of benzene rings is 1. The van der Waals surface area contributed by atoms with Gasteiger partial charge in [0.15, 0.2) is 0 Å². The molecule has 3 heteroatoms. The standard InChI is InChI=1S/C16H18N2O/c1-12-4-3-5-14(10-12)7-9-16(19)18-15-8-6-13(2)17-11-15/h3-6,8,10-11H,7,9H2,1-2H3,(H,18,19). The first-order valence-corrected chi connectivity index (χ1v) is 6.41. The van der Waals surface area contributed by atoms with Gasteiger partial charge in [0.1, 0.15) is 0 Å². The largest absolute Gasteiger partial charge is 0.325 e. The molecule has 0 aliphatic carbocycles. The van der Waals surface area contributed by atoms with Gasteiger partial charge in [-0.3, -0.25) is 9.78 Å². The normalized spacial score (nSPS) is 10.2. The highest BCUT2D eigenvalue weighted by Gasteiger charge is 2.03. The van der Waals surface area contributed by atoms with Gasteiger partial charge in [-0.15, -0.1) is 0 Å². The summed E-state index contributed by atoms with van der Waals surface area (Å²) in [5.41, 5.74) is 4.11.